The molecule has 1 fully saturated rings. The highest BCUT2D eigenvalue weighted by Crippen LogP contribution is 2.15. The molecule has 1 saturated heterocycles. The molecular weight excluding hydrogens is 194 g/mol. The number of ether oxygens (including phenoxy) is 1. The van der Waals surface area contributed by atoms with Crippen molar-refractivity contribution in [2.24, 2.45) is 5.92 Å². The molecule has 0 bridgehead atoms. The molecule has 1 rings (SSSR count). The highest BCUT2D eigenvalue weighted by molar-refractivity contribution is 5.78. The molecule has 88 valence electrons. The molecule has 0 radical (unpaired) electrons. The maximum atomic E-state index is 11.7. The first-order valence-electron chi connectivity index (χ1n) is 5.63. The lowest BCUT2D eigenvalue weighted by atomic mass is 9.98. The molecule has 0 aromatic heterocycles. The molecule has 0 spiro atoms. The van der Waals surface area contributed by atoms with Crippen molar-refractivity contribution in [1.82, 2.24) is 5.32 Å². The summed E-state index contributed by atoms with van der Waals surface area (Å²) in [5.41, 5.74) is -0.791. The molecule has 0 aromatic rings. The zero-order valence-corrected chi connectivity index (χ0v) is 9.58. The van der Waals surface area contributed by atoms with Crippen LogP contribution in [-0.4, -0.2) is 36.4 Å². The van der Waals surface area contributed by atoms with E-state index in [0.29, 0.717) is 26.2 Å². The highest BCUT2D eigenvalue weighted by Gasteiger charge is 2.24. The van der Waals surface area contributed by atoms with Crippen LogP contribution in [0.3, 0.4) is 0 Å². The highest BCUT2D eigenvalue weighted by atomic mass is 16.5. The van der Waals surface area contributed by atoms with E-state index in [1.807, 2.05) is 6.92 Å². The third kappa shape index (κ3) is 4.18. The molecule has 1 heterocycles. The summed E-state index contributed by atoms with van der Waals surface area (Å²) in [5, 5.41) is 12.5. The quantitative estimate of drug-likeness (QED) is 0.725. The lowest BCUT2D eigenvalue weighted by Gasteiger charge is -2.25. The maximum absolute atomic E-state index is 11.7. The largest absolute Gasteiger partial charge is 0.388 e. The Labute approximate surface area is 91.0 Å². The Kier molecular flexibility index (Phi) is 4.54. The summed E-state index contributed by atoms with van der Waals surface area (Å²) in [6, 6.07) is 0. The molecule has 0 aliphatic carbocycles. The van der Waals surface area contributed by atoms with Crippen molar-refractivity contribution in [2.45, 2.75) is 38.7 Å². The van der Waals surface area contributed by atoms with Crippen LogP contribution in [0.5, 0.6) is 0 Å². The molecule has 2 N–H and O–H groups in total. The van der Waals surface area contributed by atoms with Gasteiger partial charge in [0.15, 0.2) is 0 Å². The number of rotatable bonds is 4. The van der Waals surface area contributed by atoms with Crippen molar-refractivity contribution in [2.75, 3.05) is 19.8 Å². The van der Waals surface area contributed by atoms with E-state index in [4.69, 9.17) is 4.74 Å². The third-order valence-electron chi connectivity index (χ3n) is 3.00. The molecule has 15 heavy (non-hydrogen) atoms. The molecule has 1 unspecified atom stereocenters. The van der Waals surface area contributed by atoms with E-state index in [1.165, 1.54) is 0 Å². The second kappa shape index (κ2) is 5.47. The summed E-state index contributed by atoms with van der Waals surface area (Å²) in [6.45, 7) is 5.31. The average molecular weight is 215 g/mol. The number of carbonyl (C=O) groups is 1. The molecule has 0 aromatic carbocycles. The van der Waals surface area contributed by atoms with Crippen LogP contribution in [0, 0.1) is 5.92 Å². The van der Waals surface area contributed by atoms with Gasteiger partial charge >= 0.3 is 0 Å². The van der Waals surface area contributed by atoms with Crippen LogP contribution in [0.1, 0.15) is 33.1 Å². The van der Waals surface area contributed by atoms with Gasteiger partial charge in [-0.15, -0.1) is 0 Å². The molecule has 1 aliphatic rings. The Bertz CT molecular complexity index is 210. The van der Waals surface area contributed by atoms with E-state index in [9.17, 15) is 9.90 Å². The first kappa shape index (κ1) is 12.5. The minimum absolute atomic E-state index is 0.0482. The fourth-order valence-corrected chi connectivity index (χ4v) is 1.51. The van der Waals surface area contributed by atoms with Gasteiger partial charge in [0, 0.05) is 25.7 Å². The Morgan fingerprint density at radius 3 is 2.67 bits per heavy atom. The Balaban J connectivity index is 2.28. The van der Waals surface area contributed by atoms with Gasteiger partial charge in [0.05, 0.1) is 5.60 Å². The van der Waals surface area contributed by atoms with Crippen molar-refractivity contribution in [3.8, 4) is 0 Å². The van der Waals surface area contributed by atoms with Crippen molar-refractivity contribution in [3.63, 3.8) is 0 Å². The van der Waals surface area contributed by atoms with Crippen LogP contribution in [-0.2, 0) is 9.53 Å². The van der Waals surface area contributed by atoms with Crippen LogP contribution in [0.4, 0.5) is 0 Å². The van der Waals surface area contributed by atoms with E-state index in [-0.39, 0.29) is 11.8 Å². The smallest absolute Gasteiger partial charge is 0.223 e. The van der Waals surface area contributed by atoms with Gasteiger partial charge in [-0.25, -0.2) is 0 Å². The van der Waals surface area contributed by atoms with E-state index >= 15 is 0 Å². The predicted octanol–water partition coefficient (Wildman–Crippen LogP) is 0.690. The standard InChI is InChI=1S/C11H21NO3/c1-3-11(2,14)8-12-10(13)9-4-6-15-7-5-9/h9,14H,3-8H2,1-2H3,(H,12,13). The van der Waals surface area contributed by atoms with Crippen LogP contribution in [0.25, 0.3) is 0 Å². The summed E-state index contributed by atoms with van der Waals surface area (Å²) in [6.07, 6.45) is 2.22. The average Bonchev–Trinajstić information content (AvgIpc) is 2.27. The maximum Gasteiger partial charge on any atom is 0.223 e. The third-order valence-corrected chi connectivity index (χ3v) is 3.00. The van der Waals surface area contributed by atoms with Crippen molar-refractivity contribution in [3.05, 3.63) is 0 Å². The SMILES string of the molecule is CCC(C)(O)CNC(=O)C1CCOCC1. The molecular formula is C11H21NO3. The zero-order chi connectivity index (χ0) is 11.3. The normalized spacial score (nSPS) is 22.1. The number of nitrogens with one attached hydrogen (secondary N) is 1. The van der Waals surface area contributed by atoms with Crippen molar-refractivity contribution in [1.29, 1.82) is 0 Å². The predicted molar refractivity (Wildman–Crippen MR) is 57.5 cm³/mol. The molecule has 1 amide bonds. The summed E-state index contributed by atoms with van der Waals surface area (Å²) in [4.78, 5) is 11.7. The summed E-state index contributed by atoms with van der Waals surface area (Å²) in [5.74, 6) is 0.110. The van der Waals surface area contributed by atoms with E-state index in [2.05, 4.69) is 5.32 Å². The minimum atomic E-state index is -0.791. The molecule has 4 nitrogen and oxygen atoms in total. The van der Waals surface area contributed by atoms with Gasteiger partial charge in [-0.1, -0.05) is 6.92 Å². The second-order valence-electron chi connectivity index (χ2n) is 4.45. The van der Waals surface area contributed by atoms with Gasteiger partial charge in [-0.05, 0) is 26.2 Å². The number of carbonyl (C=O) groups excluding carboxylic acids is 1. The van der Waals surface area contributed by atoms with E-state index in [0.717, 1.165) is 12.8 Å². The first-order chi connectivity index (χ1) is 7.05. The summed E-state index contributed by atoms with van der Waals surface area (Å²) in [7, 11) is 0. The van der Waals surface area contributed by atoms with Crippen LogP contribution in [0.2, 0.25) is 0 Å². The van der Waals surface area contributed by atoms with Crippen LogP contribution in [0.15, 0.2) is 0 Å². The Morgan fingerprint density at radius 1 is 1.53 bits per heavy atom. The van der Waals surface area contributed by atoms with Crippen molar-refractivity contribution < 1.29 is 14.6 Å². The van der Waals surface area contributed by atoms with Crippen molar-refractivity contribution >= 4 is 5.91 Å². The molecule has 1 aliphatic heterocycles. The second-order valence-corrected chi connectivity index (χ2v) is 4.45. The number of hydrogen-bond acceptors (Lipinski definition) is 3. The topological polar surface area (TPSA) is 58.6 Å². The summed E-state index contributed by atoms with van der Waals surface area (Å²) >= 11 is 0. The Hall–Kier alpha value is -0.610. The van der Waals surface area contributed by atoms with Crippen LogP contribution < -0.4 is 5.32 Å². The fraction of sp³-hybridized carbons (Fsp3) is 0.909. The Morgan fingerprint density at radius 2 is 2.13 bits per heavy atom. The van der Waals surface area contributed by atoms with Gasteiger partial charge in [0.2, 0.25) is 5.91 Å². The van der Waals surface area contributed by atoms with Gasteiger partial charge in [0.25, 0.3) is 0 Å². The fourth-order valence-electron chi connectivity index (χ4n) is 1.51. The number of hydrogen-bond donors (Lipinski definition) is 2. The minimum Gasteiger partial charge on any atom is -0.388 e. The van der Waals surface area contributed by atoms with Gasteiger partial charge in [0.1, 0.15) is 0 Å². The lowest BCUT2D eigenvalue weighted by Crippen LogP contribution is -2.43. The molecule has 4 heteroatoms. The van der Waals surface area contributed by atoms with E-state index in [1.54, 1.807) is 6.92 Å². The number of aliphatic hydroxyl groups is 1. The first-order valence-corrected chi connectivity index (χ1v) is 5.63. The lowest BCUT2D eigenvalue weighted by molar-refractivity contribution is -0.129. The van der Waals surface area contributed by atoms with Gasteiger partial charge in [-0.3, -0.25) is 4.79 Å². The van der Waals surface area contributed by atoms with Crippen LogP contribution >= 0.6 is 0 Å². The summed E-state index contributed by atoms with van der Waals surface area (Å²) < 4.78 is 5.19. The van der Waals surface area contributed by atoms with Gasteiger partial charge in [-0.2, -0.15) is 0 Å². The van der Waals surface area contributed by atoms with E-state index < -0.39 is 5.60 Å². The number of amides is 1. The monoisotopic (exact) mass is 215 g/mol. The molecule has 1 atom stereocenters. The van der Waals surface area contributed by atoms with Gasteiger partial charge < -0.3 is 15.2 Å². The molecule has 0 saturated carbocycles. The zero-order valence-electron chi connectivity index (χ0n) is 9.58.